The number of ether oxygens (including phenoxy) is 3. The Balaban J connectivity index is 0. The summed E-state index contributed by atoms with van der Waals surface area (Å²) >= 11 is 0. The summed E-state index contributed by atoms with van der Waals surface area (Å²) in [7, 11) is 0. The number of rotatable bonds is 10. The number of carbonyl (C=O) groups is 2. The second kappa shape index (κ2) is 16.1. The summed E-state index contributed by atoms with van der Waals surface area (Å²) in [4.78, 5) is 23.0. The molecule has 184 valence electrons. The van der Waals surface area contributed by atoms with E-state index in [1.54, 1.807) is 6.92 Å². The van der Waals surface area contributed by atoms with Crippen molar-refractivity contribution in [3.05, 3.63) is 59.7 Å². The normalized spacial score (nSPS) is 11.1. The van der Waals surface area contributed by atoms with Crippen LogP contribution in [0.4, 0.5) is 10.5 Å². The fraction of sp³-hybridized carbons (Fsp3) is 0.417. The molecule has 0 saturated carbocycles. The third-order valence-corrected chi connectivity index (χ3v) is 4.25. The molecule has 1 amide bonds. The Kier molecular flexibility index (Phi) is 16.0. The number of hydrogen-bond acceptors (Lipinski definition) is 6. The van der Waals surface area contributed by atoms with Crippen molar-refractivity contribution in [1.29, 1.82) is 0 Å². The smallest absolute Gasteiger partial charge is 0.870 e. The molecule has 2 rings (SSSR count). The van der Waals surface area contributed by atoms with Crippen molar-refractivity contribution in [2.75, 3.05) is 18.5 Å². The molecule has 0 aliphatic heterocycles. The Morgan fingerprint density at radius 1 is 1.00 bits per heavy atom. The van der Waals surface area contributed by atoms with Gasteiger partial charge in [-0.15, -0.1) is 0 Å². The molecule has 2 aromatic rings. The molecule has 0 saturated heterocycles. The van der Waals surface area contributed by atoms with Gasteiger partial charge >= 0.3 is 30.9 Å². The molecule has 0 aliphatic rings. The van der Waals surface area contributed by atoms with Gasteiger partial charge < -0.3 is 30.3 Å². The Morgan fingerprint density at radius 2 is 1.56 bits per heavy atom. The van der Waals surface area contributed by atoms with E-state index in [1.165, 1.54) is 0 Å². The maximum Gasteiger partial charge on any atom is 1.00 e. The van der Waals surface area contributed by atoms with Gasteiger partial charge in [0.1, 0.15) is 11.4 Å². The van der Waals surface area contributed by atoms with Crippen LogP contribution in [0.25, 0.3) is 0 Å². The number of hydrogen-bond donors (Lipinski definition) is 2. The second-order valence-electron chi connectivity index (χ2n) is 8.05. The largest absolute Gasteiger partial charge is 1.00 e. The van der Waals surface area contributed by atoms with E-state index in [9.17, 15) is 14.7 Å². The van der Waals surface area contributed by atoms with Crippen molar-refractivity contribution in [3.63, 3.8) is 0 Å². The zero-order valence-corrected chi connectivity index (χ0v) is 20.5. The summed E-state index contributed by atoms with van der Waals surface area (Å²) in [6, 6.07) is 14.9. The van der Waals surface area contributed by atoms with E-state index in [0.717, 1.165) is 16.9 Å². The molecule has 0 radical (unpaired) electrons. The molecular formula is C24H34LiNO8. The molecule has 0 fully saturated rings. The zero-order chi connectivity index (χ0) is 22.9. The molecule has 9 nitrogen and oxygen atoms in total. The van der Waals surface area contributed by atoms with Crippen LogP contribution in [0.5, 0.6) is 5.75 Å². The van der Waals surface area contributed by atoms with Gasteiger partial charge in [-0.3, -0.25) is 5.32 Å². The Labute approximate surface area is 212 Å². The van der Waals surface area contributed by atoms with Crippen LogP contribution < -0.4 is 28.9 Å². The molecule has 0 spiro atoms. The SMILES string of the molecule is CCOC(Cc1ccc(OCCc2ccc(NC(=O)OC(C)(C)C)cc2)cc1)C(=O)O.O.[Li+].[OH-]. The predicted molar refractivity (Wildman–Crippen MR) is 124 cm³/mol. The molecular weight excluding hydrogens is 437 g/mol. The molecule has 10 heteroatoms. The number of nitrogens with one attached hydrogen (secondary N) is 1. The van der Waals surface area contributed by atoms with Crippen LogP contribution >= 0.6 is 0 Å². The summed E-state index contributed by atoms with van der Waals surface area (Å²) in [5.74, 6) is -0.246. The molecule has 0 aromatic heterocycles. The maximum absolute atomic E-state index is 11.8. The van der Waals surface area contributed by atoms with E-state index in [0.29, 0.717) is 31.7 Å². The van der Waals surface area contributed by atoms with Crippen molar-refractivity contribution in [2.45, 2.75) is 52.2 Å². The van der Waals surface area contributed by atoms with Crippen molar-refractivity contribution in [1.82, 2.24) is 0 Å². The molecule has 1 unspecified atom stereocenters. The molecule has 1 atom stereocenters. The van der Waals surface area contributed by atoms with Crippen LogP contribution in [-0.2, 0) is 27.1 Å². The van der Waals surface area contributed by atoms with E-state index >= 15 is 0 Å². The Bertz CT molecular complexity index is 851. The molecule has 5 N–H and O–H groups in total. The fourth-order valence-corrected chi connectivity index (χ4v) is 2.82. The minimum absolute atomic E-state index is 0. The van der Waals surface area contributed by atoms with Crippen molar-refractivity contribution in [3.8, 4) is 5.75 Å². The number of amides is 1. The van der Waals surface area contributed by atoms with Gasteiger partial charge in [0.2, 0.25) is 0 Å². The van der Waals surface area contributed by atoms with Crippen molar-refractivity contribution in [2.24, 2.45) is 0 Å². The van der Waals surface area contributed by atoms with Gasteiger partial charge in [0.15, 0.2) is 6.10 Å². The number of carboxylic acids is 1. The van der Waals surface area contributed by atoms with Crippen molar-refractivity contribution >= 4 is 17.7 Å². The third kappa shape index (κ3) is 12.6. The van der Waals surface area contributed by atoms with E-state index in [4.69, 9.17) is 14.2 Å². The van der Waals surface area contributed by atoms with Gasteiger partial charge in [0.05, 0.1) is 6.61 Å². The molecule has 0 aliphatic carbocycles. The zero-order valence-electron chi connectivity index (χ0n) is 20.5. The first-order valence-electron chi connectivity index (χ1n) is 10.3. The predicted octanol–water partition coefficient (Wildman–Crippen LogP) is 0.690. The molecule has 34 heavy (non-hydrogen) atoms. The van der Waals surface area contributed by atoms with Gasteiger partial charge in [-0.2, -0.15) is 0 Å². The van der Waals surface area contributed by atoms with Crippen LogP contribution in [0.3, 0.4) is 0 Å². The number of benzene rings is 2. The number of carbonyl (C=O) groups excluding carboxylic acids is 1. The first kappa shape index (κ1) is 33.6. The number of anilines is 1. The average molecular weight is 471 g/mol. The topological polar surface area (TPSA) is 156 Å². The Morgan fingerprint density at radius 3 is 2.06 bits per heavy atom. The van der Waals surface area contributed by atoms with Crippen molar-refractivity contribution < 1.29 is 58.7 Å². The first-order chi connectivity index (χ1) is 14.7. The first-order valence-corrected chi connectivity index (χ1v) is 10.3. The van der Waals surface area contributed by atoms with Crippen LogP contribution in [0.2, 0.25) is 0 Å². The summed E-state index contributed by atoms with van der Waals surface area (Å²) in [5.41, 5.74) is 2.08. The number of aliphatic carboxylic acids is 1. The van der Waals surface area contributed by atoms with Crippen LogP contribution in [0.15, 0.2) is 48.5 Å². The maximum atomic E-state index is 11.8. The van der Waals surface area contributed by atoms with Gasteiger partial charge in [-0.1, -0.05) is 24.3 Å². The minimum Gasteiger partial charge on any atom is -0.870 e. The average Bonchev–Trinajstić information content (AvgIpc) is 2.68. The summed E-state index contributed by atoms with van der Waals surface area (Å²) in [6.45, 7) is 8.08. The standard InChI is InChI=1S/C24H31NO6.Li.2H2O/c1-5-29-21(22(26)27)16-18-8-12-20(13-9-18)30-15-14-17-6-10-19(11-7-17)25-23(28)31-24(2,3)4;;;/h6-13,21H,5,14-16H2,1-4H3,(H,25,28)(H,26,27);;2*1H2/q;+1;;/p-1. The van der Waals surface area contributed by atoms with Gasteiger partial charge in [-0.05, 0) is 63.1 Å². The van der Waals surface area contributed by atoms with E-state index in [2.05, 4.69) is 5.32 Å². The monoisotopic (exact) mass is 471 g/mol. The summed E-state index contributed by atoms with van der Waals surface area (Å²) in [5, 5.41) is 11.9. The molecule has 0 bridgehead atoms. The van der Waals surface area contributed by atoms with Crippen LogP contribution in [0, 0.1) is 0 Å². The van der Waals surface area contributed by atoms with Gasteiger partial charge in [0, 0.05) is 25.1 Å². The van der Waals surface area contributed by atoms with E-state index < -0.39 is 23.8 Å². The molecule has 0 heterocycles. The van der Waals surface area contributed by atoms with Gasteiger partial charge in [-0.25, -0.2) is 9.59 Å². The van der Waals surface area contributed by atoms with Crippen LogP contribution in [-0.4, -0.2) is 53.0 Å². The quantitative estimate of drug-likeness (QED) is 0.483. The summed E-state index contributed by atoms with van der Waals surface area (Å²) < 4.78 is 16.3. The summed E-state index contributed by atoms with van der Waals surface area (Å²) in [6.07, 6.45) is -0.306. The Hall–Kier alpha value is -2.54. The van der Waals surface area contributed by atoms with E-state index in [1.807, 2.05) is 69.3 Å². The molecule has 2 aromatic carbocycles. The third-order valence-electron chi connectivity index (χ3n) is 4.25. The minimum atomic E-state index is -0.963. The second-order valence-corrected chi connectivity index (χ2v) is 8.05. The number of carboxylic acid groups (broad SMARTS) is 1. The fourth-order valence-electron chi connectivity index (χ4n) is 2.82. The van der Waals surface area contributed by atoms with Crippen LogP contribution in [0.1, 0.15) is 38.8 Å². The van der Waals surface area contributed by atoms with E-state index in [-0.39, 0.29) is 29.8 Å². The van der Waals surface area contributed by atoms with Gasteiger partial charge in [0.25, 0.3) is 0 Å².